The predicted octanol–water partition coefficient (Wildman–Crippen LogP) is 6.71. The number of aromatic hydroxyl groups is 2. The number of ether oxygens (including phenoxy) is 3. The van der Waals surface area contributed by atoms with Gasteiger partial charge in [0.1, 0.15) is 29.1 Å². The molecule has 1 aliphatic carbocycles. The quantitative estimate of drug-likeness (QED) is 0.0657. The number of alkyl carbamates (subject to hydrolysis) is 1. The number of nitrogens with one attached hydrogen (secondary N) is 3. The van der Waals surface area contributed by atoms with Gasteiger partial charge in [-0.3, -0.25) is 0 Å². The highest BCUT2D eigenvalue weighted by Gasteiger charge is 2.53. The Labute approximate surface area is 305 Å². The first-order valence-electron chi connectivity index (χ1n) is 16.5. The number of allylic oxidation sites excluding steroid dienone is 4. The summed E-state index contributed by atoms with van der Waals surface area (Å²) in [4.78, 5) is 26.2. The molecule has 1 spiro atoms. The van der Waals surface area contributed by atoms with Crippen LogP contribution in [0.1, 0.15) is 44.6 Å². The first-order valence-corrected chi connectivity index (χ1v) is 16.9. The number of esters is 1. The molecule has 0 fully saturated rings. The fraction of sp³-hybridized carbons (Fsp3) is 0.146. The van der Waals surface area contributed by atoms with Crippen molar-refractivity contribution in [3.63, 3.8) is 0 Å². The molecule has 4 aromatic rings. The summed E-state index contributed by atoms with van der Waals surface area (Å²) in [6.07, 6.45) is 7.60. The third-order valence-corrected chi connectivity index (χ3v) is 9.00. The number of hydrogen-bond acceptors (Lipinski definition) is 8. The smallest absolute Gasteiger partial charge is 0.407 e. The maximum absolute atomic E-state index is 13.4. The van der Waals surface area contributed by atoms with Gasteiger partial charge in [-0.2, -0.15) is 0 Å². The summed E-state index contributed by atoms with van der Waals surface area (Å²) < 4.78 is 17.9. The number of rotatable bonds is 5. The molecule has 2 aliphatic heterocycles. The number of benzene rings is 4. The molecule has 5 N–H and O–H groups in total. The molecule has 1 amide bonds. The minimum Gasteiger partial charge on any atom is -0.508 e. The van der Waals surface area contributed by atoms with Gasteiger partial charge in [-0.05, 0) is 66.3 Å². The fourth-order valence-corrected chi connectivity index (χ4v) is 6.62. The van der Waals surface area contributed by atoms with Crippen LogP contribution in [0.25, 0.3) is 0 Å². The van der Waals surface area contributed by atoms with Gasteiger partial charge in [0.15, 0.2) is 10.7 Å². The number of carbonyl (C=O) groups excluding carboxylic acids is 2. The van der Waals surface area contributed by atoms with Gasteiger partial charge in [-0.1, -0.05) is 60.9 Å². The van der Waals surface area contributed by atoms with Crippen LogP contribution in [0.3, 0.4) is 0 Å². The molecule has 1 atom stereocenters. The molecule has 11 heteroatoms. The molecular weight excluding hydrogens is 679 g/mol. The Kier molecular flexibility index (Phi) is 9.39. The van der Waals surface area contributed by atoms with Gasteiger partial charge >= 0.3 is 12.1 Å². The molecule has 0 aromatic heterocycles. The summed E-state index contributed by atoms with van der Waals surface area (Å²) in [6.45, 7) is 4.51. The van der Waals surface area contributed by atoms with Crippen LogP contribution in [0.2, 0.25) is 0 Å². The van der Waals surface area contributed by atoms with E-state index in [4.69, 9.17) is 26.4 Å². The van der Waals surface area contributed by atoms with Crippen LogP contribution in [0, 0.1) is 11.8 Å². The second-order valence-corrected chi connectivity index (χ2v) is 12.7. The monoisotopic (exact) mass is 711 g/mol. The standard InChI is InChI=1S/C41H33N3O7S/c1-25-7-3-2-4-10-31(21-27-9-6-5-8-26(27)12-11-25)49-40(48)43-20-19-42-39(52)44-28-13-16-33-32(22-28)38(47)51-41(33)34-17-14-29(45)23-36(34)50-37-24-30(46)15-18-35(37)41/h2-9,13-18,22-24,31,45-46H,1,10,19-21H2,(H,43,48)(H2,42,44,52)/b4-2-,7-3?. The molecule has 260 valence electrons. The van der Waals surface area contributed by atoms with E-state index in [0.717, 1.165) is 11.1 Å². The summed E-state index contributed by atoms with van der Waals surface area (Å²) in [5.74, 6) is 6.21. The zero-order valence-corrected chi connectivity index (χ0v) is 28.6. The van der Waals surface area contributed by atoms with E-state index >= 15 is 0 Å². The van der Waals surface area contributed by atoms with Crippen molar-refractivity contribution in [3.8, 4) is 34.8 Å². The lowest BCUT2D eigenvalue weighted by atomic mass is 9.77. The van der Waals surface area contributed by atoms with Gasteiger partial charge in [0.05, 0.1) is 5.56 Å². The fourth-order valence-electron chi connectivity index (χ4n) is 6.40. The number of phenols is 2. The molecule has 0 bridgehead atoms. The van der Waals surface area contributed by atoms with Crippen molar-refractivity contribution in [2.24, 2.45) is 0 Å². The Balaban J connectivity index is 0.973. The van der Waals surface area contributed by atoms with Crippen molar-refractivity contribution in [2.75, 3.05) is 18.4 Å². The number of fused-ring (bicyclic) bond motifs is 7. The van der Waals surface area contributed by atoms with E-state index in [1.807, 2.05) is 48.6 Å². The summed E-state index contributed by atoms with van der Waals surface area (Å²) in [6, 6.07) is 22.2. The predicted molar refractivity (Wildman–Crippen MR) is 200 cm³/mol. The Morgan fingerprint density at radius 1 is 0.923 bits per heavy atom. The van der Waals surface area contributed by atoms with Crippen LogP contribution < -0.4 is 20.7 Å². The molecule has 2 heterocycles. The van der Waals surface area contributed by atoms with E-state index in [1.165, 1.54) is 24.3 Å². The minimum absolute atomic E-state index is 0.0226. The summed E-state index contributed by atoms with van der Waals surface area (Å²) in [7, 11) is 0. The Morgan fingerprint density at radius 2 is 1.63 bits per heavy atom. The number of amides is 1. The highest BCUT2D eigenvalue weighted by molar-refractivity contribution is 7.80. The highest BCUT2D eigenvalue weighted by Crippen LogP contribution is 2.57. The lowest BCUT2D eigenvalue weighted by molar-refractivity contribution is 0.0224. The molecule has 7 rings (SSSR count). The second-order valence-electron chi connectivity index (χ2n) is 12.3. The van der Waals surface area contributed by atoms with E-state index < -0.39 is 23.8 Å². The zero-order chi connectivity index (χ0) is 36.2. The van der Waals surface area contributed by atoms with Crippen LogP contribution >= 0.6 is 12.2 Å². The van der Waals surface area contributed by atoms with E-state index in [0.29, 0.717) is 64.4 Å². The van der Waals surface area contributed by atoms with Crippen LogP contribution in [0.15, 0.2) is 115 Å². The Hall–Kier alpha value is -6.51. The highest BCUT2D eigenvalue weighted by atomic mass is 32.1. The molecule has 0 saturated carbocycles. The van der Waals surface area contributed by atoms with Crippen LogP contribution in [-0.2, 0) is 21.5 Å². The zero-order valence-electron chi connectivity index (χ0n) is 27.8. The molecular formula is C41H33N3O7S. The summed E-state index contributed by atoms with van der Waals surface area (Å²) in [5.41, 5.74) is 3.69. The number of hydrogen-bond donors (Lipinski definition) is 5. The lowest BCUT2D eigenvalue weighted by Crippen LogP contribution is -2.38. The van der Waals surface area contributed by atoms with Crippen molar-refractivity contribution in [1.29, 1.82) is 0 Å². The molecule has 4 aromatic carbocycles. The Morgan fingerprint density at radius 3 is 2.40 bits per heavy atom. The lowest BCUT2D eigenvalue weighted by Gasteiger charge is -2.36. The molecule has 52 heavy (non-hydrogen) atoms. The summed E-state index contributed by atoms with van der Waals surface area (Å²) in [5, 5.41) is 29.5. The SMILES string of the molecule is C=C1C#Cc2ccccc2CC(OC(=O)NCCNC(=S)Nc2ccc3c(c2)C(=O)OC32c3ccc(O)cc3Oc3cc(O)ccc32)C/C=C\C=C1. The average molecular weight is 712 g/mol. The number of thiocarbonyl (C=S) groups is 1. The van der Waals surface area contributed by atoms with E-state index in [9.17, 15) is 19.8 Å². The first kappa shape index (κ1) is 34.0. The van der Waals surface area contributed by atoms with Crippen LogP contribution in [-0.4, -0.2) is 46.6 Å². The molecule has 0 saturated heterocycles. The van der Waals surface area contributed by atoms with Crippen LogP contribution in [0.4, 0.5) is 10.5 Å². The van der Waals surface area contributed by atoms with Gasteiger partial charge < -0.3 is 40.4 Å². The van der Waals surface area contributed by atoms with Crippen molar-refractivity contribution in [2.45, 2.75) is 24.5 Å². The largest absolute Gasteiger partial charge is 0.508 e. The van der Waals surface area contributed by atoms with Gasteiger partial charge in [-0.25, -0.2) is 9.59 Å². The molecule has 0 radical (unpaired) electrons. The van der Waals surface area contributed by atoms with Crippen LogP contribution in [0.5, 0.6) is 23.0 Å². The Bertz CT molecular complexity index is 2200. The molecule has 10 nitrogen and oxygen atoms in total. The number of phenolic OH excluding ortho intramolecular Hbond substituents is 2. The number of carbonyl (C=O) groups is 2. The molecule has 1 unspecified atom stereocenters. The normalized spacial score (nSPS) is 16.8. The summed E-state index contributed by atoms with van der Waals surface area (Å²) >= 11 is 5.49. The van der Waals surface area contributed by atoms with Gasteiger partial charge in [-0.15, -0.1) is 0 Å². The van der Waals surface area contributed by atoms with Crippen molar-refractivity contribution in [1.82, 2.24) is 10.6 Å². The average Bonchev–Trinajstić information content (AvgIpc) is 3.40. The van der Waals surface area contributed by atoms with E-state index in [-0.39, 0.29) is 23.2 Å². The van der Waals surface area contributed by atoms with E-state index in [1.54, 1.807) is 30.3 Å². The van der Waals surface area contributed by atoms with Gasteiger partial charge in [0.25, 0.3) is 0 Å². The first-order chi connectivity index (χ1) is 25.2. The van der Waals surface area contributed by atoms with Gasteiger partial charge in [0, 0.05) is 71.6 Å². The van der Waals surface area contributed by atoms with Crippen molar-refractivity contribution < 1.29 is 34.0 Å². The van der Waals surface area contributed by atoms with Crippen molar-refractivity contribution >= 4 is 35.1 Å². The minimum atomic E-state index is -1.36. The third kappa shape index (κ3) is 6.92. The number of anilines is 1. The topological polar surface area (TPSA) is 138 Å². The maximum Gasteiger partial charge on any atom is 0.407 e. The third-order valence-electron chi connectivity index (χ3n) is 8.75. The second kappa shape index (κ2) is 14.4. The van der Waals surface area contributed by atoms with Gasteiger partial charge in [0.2, 0.25) is 0 Å². The molecule has 3 aliphatic rings. The van der Waals surface area contributed by atoms with E-state index in [2.05, 4.69) is 34.4 Å². The van der Waals surface area contributed by atoms with Crippen molar-refractivity contribution in [3.05, 3.63) is 149 Å². The maximum atomic E-state index is 13.4.